The van der Waals surface area contributed by atoms with Crippen molar-refractivity contribution in [2.75, 3.05) is 0 Å². The minimum atomic E-state index is -0.0585. The van der Waals surface area contributed by atoms with Gasteiger partial charge in [0.2, 0.25) is 0 Å². The van der Waals surface area contributed by atoms with E-state index >= 15 is 0 Å². The Morgan fingerprint density at radius 1 is 0.857 bits per heavy atom. The summed E-state index contributed by atoms with van der Waals surface area (Å²) < 4.78 is 0. The molecule has 4 aliphatic carbocycles. The Morgan fingerprint density at radius 3 is 2.33 bits per heavy atom. The summed E-state index contributed by atoms with van der Waals surface area (Å²) in [7, 11) is 0. The largest absolute Gasteiger partial charge is 0.300 e. The van der Waals surface area contributed by atoms with Crippen LogP contribution in [0.3, 0.4) is 0 Å². The Hall–Kier alpha value is -0.920. The number of Topliss-reactive ketones (excluding diaryl/α,β-unsaturated/α-hetero) is 2. The Bertz CT molecular complexity index is 558. The standard InChI is InChI=1S/C19H26O2/c1-18-9-7-14-13(15(18)4-3-12(20)11-18)8-10-19(2)16(14)5-6-17(19)21/h15-16H,3-11H2,1-2H3. The third kappa shape index (κ3) is 1.77. The van der Waals surface area contributed by atoms with E-state index in [1.165, 1.54) is 0 Å². The van der Waals surface area contributed by atoms with Gasteiger partial charge in [-0.2, -0.15) is 0 Å². The van der Waals surface area contributed by atoms with Crippen LogP contribution in [0.5, 0.6) is 0 Å². The third-order valence-corrected chi connectivity index (χ3v) is 7.35. The normalized spacial score (nSPS) is 46.2. The smallest absolute Gasteiger partial charge is 0.139 e. The molecule has 2 saturated carbocycles. The molecule has 0 bridgehead atoms. The van der Waals surface area contributed by atoms with E-state index in [-0.39, 0.29) is 10.8 Å². The zero-order chi connectivity index (χ0) is 14.8. The second-order valence-corrected chi connectivity index (χ2v) is 8.44. The first-order valence-electron chi connectivity index (χ1n) is 8.71. The van der Waals surface area contributed by atoms with Gasteiger partial charge in [0.15, 0.2) is 0 Å². The van der Waals surface area contributed by atoms with Crippen LogP contribution in [0.2, 0.25) is 0 Å². The molecular formula is C19H26O2. The van der Waals surface area contributed by atoms with Gasteiger partial charge in [-0.3, -0.25) is 9.59 Å². The van der Waals surface area contributed by atoms with Crippen molar-refractivity contribution in [3.8, 4) is 0 Å². The minimum Gasteiger partial charge on any atom is -0.300 e. The number of hydrogen-bond acceptors (Lipinski definition) is 2. The number of carbonyl (C=O) groups is 2. The summed E-state index contributed by atoms with van der Waals surface area (Å²) in [5, 5.41) is 0. The lowest BCUT2D eigenvalue weighted by Crippen LogP contribution is -2.43. The maximum Gasteiger partial charge on any atom is 0.139 e. The van der Waals surface area contributed by atoms with Crippen LogP contribution in [0.4, 0.5) is 0 Å². The predicted octanol–water partition coefficient (Wildman–Crippen LogP) is 4.23. The van der Waals surface area contributed by atoms with Gasteiger partial charge in [0, 0.05) is 24.7 Å². The van der Waals surface area contributed by atoms with Gasteiger partial charge in [0.05, 0.1) is 0 Å². The number of rotatable bonds is 0. The van der Waals surface area contributed by atoms with E-state index in [1.807, 2.05) is 0 Å². The molecule has 2 fully saturated rings. The van der Waals surface area contributed by atoms with Crippen LogP contribution in [0.15, 0.2) is 11.1 Å². The highest BCUT2D eigenvalue weighted by Crippen LogP contribution is 2.61. The molecule has 2 heteroatoms. The van der Waals surface area contributed by atoms with Crippen LogP contribution >= 0.6 is 0 Å². The van der Waals surface area contributed by atoms with Crippen molar-refractivity contribution in [1.29, 1.82) is 0 Å². The number of fused-ring (bicyclic) bond motifs is 4. The van der Waals surface area contributed by atoms with E-state index in [4.69, 9.17) is 0 Å². The maximum atomic E-state index is 12.3. The minimum absolute atomic E-state index is 0.0585. The highest BCUT2D eigenvalue weighted by Gasteiger charge is 2.54. The van der Waals surface area contributed by atoms with Crippen LogP contribution in [0.25, 0.3) is 0 Å². The molecule has 0 aromatic rings. The molecule has 0 aromatic carbocycles. The molecule has 4 atom stereocenters. The van der Waals surface area contributed by atoms with E-state index in [2.05, 4.69) is 13.8 Å². The molecule has 4 unspecified atom stereocenters. The second-order valence-electron chi connectivity index (χ2n) is 8.44. The first-order valence-corrected chi connectivity index (χ1v) is 8.71. The number of hydrogen-bond donors (Lipinski definition) is 0. The summed E-state index contributed by atoms with van der Waals surface area (Å²) >= 11 is 0. The molecule has 0 heterocycles. The molecule has 2 nitrogen and oxygen atoms in total. The molecule has 4 aliphatic rings. The van der Waals surface area contributed by atoms with Gasteiger partial charge in [0.1, 0.15) is 11.6 Å². The number of allylic oxidation sites excluding steroid dienone is 2. The van der Waals surface area contributed by atoms with E-state index in [9.17, 15) is 9.59 Å². The molecule has 0 spiro atoms. The lowest BCUT2D eigenvalue weighted by atomic mass is 9.53. The zero-order valence-electron chi connectivity index (χ0n) is 13.3. The highest BCUT2D eigenvalue weighted by molar-refractivity contribution is 5.88. The Morgan fingerprint density at radius 2 is 1.52 bits per heavy atom. The lowest BCUT2D eigenvalue weighted by Gasteiger charge is -2.51. The van der Waals surface area contributed by atoms with Gasteiger partial charge in [-0.25, -0.2) is 0 Å². The zero-order valence-corrected chi connectivity index (χ0v) is 13.3. The molecule has 0 aromatic heterocycles. The van der Waals surface area contributed by atoms with Gasteiger partial charge < -0.3 is 0 Å². The molecule has 4 rings (SSSR count). The third-order valence-electron chi connectivity index (χ3n) is 7.35. The fourth-order valence-corrected chi connectivity index (χ4v) is 6.05. The van der Waals surface area contributed by atoms with Crippen molar-refractivity contribution in [1.82, 2.24) is 0 Å². The highest BCUT2D eigenvalue weighted by atomic mass is 16.1. The molecule has 0 saturated heterocycles. The first kappa shape index (κ1) is 13.7. The van der Waals surface area contributed by atoms with Gasteiger partial charge in [0.25, 0.3) is 0 Å². The van der Waals surface area contributed by atoms with E-state index < -0.39 is 0 Å². The van der Waals surface area contributed by atoms with Crippen LogP contribution in [0.1, 0.15) is 71.6 Å². The number of carbonyl (C=O) groups excluding carboxylic acids is 2. The van der Waals surface area contributed by atoms with Crippen LogP contribution in [0, 0.1) is 22.7 Å². The monoisotopic (exact) mass is 286 g/mol. The average molecular weight is 286 g/mol. The summed E-state index contributed by atoms with van der Waals surface area (Å²) in [4.78, 5) is 24.2. The summed E-state index contributed by atoms with van der Waals surface area (Å²) in [5.74, 6) is 2.12. The van der Waals surface area contributed by atoms with Crippen molar-refractivity contribution < 1.29 is 9.59 Å². The molecule has 0 aliphatic heterocycles. The Balaban J connectivity index is 1.74. The lowest BCUT2D eigenvalue weighted by molar-refractivity contribution is -0.126. The SMILES string of the molecule is CC12CCC3=C(CCC4(C)C(=O)CCC34)C1CCC(=O)C2. The summed E-state index contributed by atoms with van der Waals surface area (Å²) in [6.07, 6.45) is 8.96. The van der Waals surface area contributed by atoms with Crippen LogP contribution < -0.4 is 0 Å². The summed E-state index contributed by atoms with van der Waals surface area (Å²) in [5.41, 5.74) is 3.47. The van der Waals surface area contributed by atoms with Crippen LogP contribution in [-0.4, -0.2) is 11.6 Å². The van der Waals surface area contributed by atoms with Crippen molar-refractivity contribution in [3.63, 3.8) is 0 Å². The molecule has 0 radical (unpaired) electrons. The van der Waals surface area contributed by atoms with E-state index in [0.29, 0.717) is 23.4 Å². The second kappa shape index (κ2) is 4.30. The van der Waals surface area contributed by atoms with Crippen molar-refractivity contribution in [2.24, 2.45) is 22.7 Å². The fraction of sp³-hybridized carbons (Fsp3) is 0.789. The Kier molecular flexibility index (Phi) is 2.81. The topological polar surface area (TPSA) is 34.1 Å². The molecule has 21 heavy (non-hydrogen) atoms. The predicted molar refractivity (Wildman–Crippen MR) is 81.8 cm³/mol. The molecule has 0 amide bonds. The van der Waals surface area contributed by atoms with E-state index in [0.717, 1.165) is 57.8 Å². The molecule has 0 N–H and O–H groups in total. The Labute approximate surface area is 127 Å². The van der Waals surface area contributed by atoms with Gasteiger partial charge in [-0.15, -0.1) is 0 Å². The summed E-state index contributed by atoms with van der Waals surface area (Å²) in [6.45, 7) is 4.56. The summed E-state index contributed by atoms with van der Waals surface area (Å²) in [6, 6.07) is 0. The van der Waals surface area contributed by atoms with Crippen LogP contribution in [-0.2, 0) is 9.59 Å². The fourth-order valence-electron chi connectivity index (χ4n) is 6.05. The molecular weight excluding hydrogens is 260 g/mol. The van der Waals surface area contributed by atoms with Crippen molar-refractivity contribution >= 4 is 11.6 Å². The first-order chi connectivity index (χ1) is 9.94. The quantitative estimate of drug-likeness (QED) is 0.624. The van der Waals surface area contributed by atoms with Gasteiger partial charge in [-0.1, -0.05) is 25.0 Å². The average Bonchev–Trinajstić information content (AvgIpc) is 2.73. The van der Waals surface area contributed by atoms with Crippen molar-refractivity contribution in [3.05, 3.63) is 11.1 Å². The van der Waals surface area contributed by atoms with Gasteiger partial charge >= 0.3 is 0 Å². The van der Waals surface area contributed by atoms with Gasteiger partial charge in [-0.05, 0) is 55.8 Å². The van der Waals surface area contributed by atoms with E-state index in [1.54, 1.807) is 11.1 Å². The number of ketones is 2. The maximum absolute atomic E-state index is 12.3. The molecule has 114 valence electrons. The van der Waals surface area contributed by atoms with Crippen molar-refractivity contribution in [2.45, 2.75) is 71.6 Å².